The summed E-state index contributed by atoms with van der Waals surface area (Å²) in [5.41, 5.74) is 1.16. The van der Waals surface area contributed by atoms with Crippen molar-refractivity contribution in [2.75, 3.05) is 0 Å². The topological polar surface area (TPSA) is 12.0 Å². The Morgan fingerprint density at radius 1 is 0.895 bits per heavy atom. The van der Waals surface area contributed by atoms with E-state index in [1.807, 2.05) is 0 Å². The molecule has 1 N–H and O–H groups in total. The Bertz CT molecular complexity index is 587. The molecule has 5 heteroatoms. The van der Waals surface area contributed by atoms with Gasteiger partial charge in [-0.1, -0.05) is 23.7 Å². The molecule has 0 aliphatic carbocycles. The zero-order valence-electron chi connectivity index (χ0n) is 9.89. The Hall–Kier alpha value is -1.52. The number of hydrogen-bond acceptors (Lipinski definition) is 1. The highest BCUT2D eigenvalue weighted by Gasteiger charge is 2.04. The molecule has 0 bridgehead atoms. The van der Waals surface area contributed by atoms with Crippen LogP contribution in [0.15, 0.2) is 36.4 Å². The lowest BCUT2D eigenvalue weighted by Crippen LogP contribution is -2.13. The average Bonchev–Trinajstić information content (AvgIpc) is 2.36. The second-order valence-corrected chi connectivity index (χ2v) is 4.49. The van der Waals surface area contributed by atoms with Crippen LogP contribution in [-0.4, -0.2) is 0 Å². The summed E-state index contributed by atoms with van der Waals surface area (Å²) in [5.74, 6) is -1.67. The van der Waals surface area contributed by atoms with Gasteiger partial charge in [-0.3, -0.25) is 0 Å². The molecule has 0 aliphatic heterocycles. The van der Waals surface area contributed by atoms with E-state index in [4.69, 9.17) is 11.6 Å². The van der Waals surface area contributed by atoms with Crippen molar-refractivity contribution >= 4 is 11.6 Å². The Morgan fingerprint density at radius 3 is 2.37 bits per heavy atom. The van der Waals surface area contributed by atoms with E-state index in [0.717, 1.165) is 11.6 Å². The first kappa shape index (κ1) is 13.9. The van der Waals surface area contributed by atoms with Gasteiger partial charge in [-0.2, -0.15) is 0 Å². The van der Waals surface area contributed by atoms with Crippen molar-refractivity contribution in [2.45, 2.75) is 13.1 Å². The van der Waals surface area contributed by atoms with Crippen LogP contribution in [0.4, 0.5) is 13.2 Å². The third-order valence-corrected chi connectivity index (χ3v) is 2.93. The molecule has 0 aliphatic rings. The van der Waals surface area contributed by atoms with Gasteiger partial charge in [-0.25, -0.2) is 13.2 Å². The Balaban J connectivity index is 1.94. The summed E-state index contributed by atoms with van der Waals surface area (Å²) in [7, 11) is 0. The molecule has 0 heterocycles. The highest BCUT2D eigenvalue weighted by molar-refractivity contribution is 6.30. The smallest absolute Gasteiger partial charge is 0.141 e. The van der Waals surface area contributed by atoms with Gasteiger partial charge in [0.15, 0.2) is 0 Å². The number of hydrogen-bond donors (Lipinski definition) is 1. The third-order valence-electron chi connectivity index (χ3n) is 2.64. The van der Waals surface area contributed by atoms with Gasteiger partial charge in [-0.05, 0) is 23.8 Å². The van der Waals surface area contributed by atoms with Crippen molar-refractivity contribution in [1.82, 2.24) is 5.32 Å². The van der Waals surface area contributed by atoms with E-state index in [0.29, 0.717) is 12.1 Å². The third kappa shape index (κ3) is 3.72. The highest BCUT2D eigenvalue weighted by atomic mass is 35.5. The van der Waals surface area contributed by atoms with Crippen LogP contribution in [0.5, 0.6) is 0 Å². The minimum atomic E-state index is -0.605. The zero-order chi connectivity index (χ0) is 13.8. The Kier molecular flexibility index (Phi) is 4.45. The van der Waals surface area contributed by atoms with Crippen molar-refractivity contribution in [2.24, 2.45) is 0 Å². The highest BCUT2D eigenvalue weighted by Crippen LogP contribution is 2.16. The first-order valence-electron chi connectivity index (χ1n) is 5.65. The lowest BCUT2D eigenvalue weighted by atomic mass is 10.2. The molecule has 0 fully saturated rings. The molecule has 2 aromatic rings. The van der Waals surface area contributed by atoms with E-state index >= 15 is 0 Å². The molecular formula is C14H11ClF3N. The number of halogens is 4. The quantitative estimate of drug-likeness (QED) is 0.894. The predicted molar refractivity (Wildman–Crippen MR) is 68.3 cm³/mol. The molecule has 0 radical (unpaired) electrons. The molecule has 0 amide bonds. The van der Waals surface area contributed by atoms with Crippen LogP contribution in [0.3, 0.4) is 0 Å². The maximum absolute atomic E-state index is 13.3. The summed E-state index contributed by atoms with van der Waals surface area (Å²) in [6.45, 7) is 0.665. The van der Waals surface area contributed by atoms with E-state index in [-0.39, 0.29) is 11.6 Å². The van der Waals surface area contributed by atoms with Gasteiger partial charge >= 0.3 is 0 Å². The SMILES string of the molecule is Fc1ccc(CNCc2ccc(F)c(Cl)c2)c(F)c1. The molecule has 1 nitrogen and oxygen atoms in total. The number of benzene rings is 2. The van der Waals surface area contributed by atoms with Gasteiger partial charge in [0, 0.05) is 24.7 Å². The van der Waals surface area contributed by atoms with Gasteiger partial charge in [0.25, 0.3) is 0 Å². The first-order chi connectivity index (χ1) is 9.06. The molecule has 0 unspecified atom stereocenters. The number of nitrogens with one attached hydrogen (secondary N) is 1. The maximum Gasteiger partial charge on any atom is 0.141 e. The van der Waals surface area contributed by atoms with E-state index in [1.165, 1.54) is 24.3 Å². The molecule has 0 spiro atoms. The fraction of sp³-hybridized carbons (Fsp3) is 0.143. The summed E-state index contributed by atoms with van der Waals surface area (Å²) < 4.78 is 39.0. The summed E-state index contributed by atoms with van der Waals surface area (Å²) in [6, 6.07) is 7.80. The molecule has 19 heavy (non-hydrogen) atoms. The van der Waals surface area contributed by atoms with Crippen LogP contribution in [-0.2, 0) is 13.1 Å². The number of rotatable bonds is 4. The second kappa shape index (κ2) is 6.08. The van der Waals surface area contributed by atoms with Crippen molar-refractivity contribution < 1.29 is 13.2 Å². The van der Waals surface area contributed by atoms with E-state index < -0.39 is 17.5 Å². The molecule has 100 valence electrons. The molecule has 0 atom stereocenters. The fourth-order valence-corrected chi connectivity index (χ4v) is 1.86. The zero-order valence-corrected chi connectivity index (χ0v) is 10.6. The summed E-state index contributed by atoms with van der Waals surface area (Å²) in [6.07, 6.45) is 0. The van der Waals surface area contributed by atoms with Crippen LogP contribution in [0, 0.1) is 17.5 Å². The minimum absolute atomic E-state index is 0.0484. The standard InChI is InChI=1S/C14H11ClF3N/c15-12-5-9(1-4-13(12)17)7-19-8-10-2-3-11(16)6-14(10)18/h1-6,19H,7-8H2. The Labute approximate surface area is 114 Å². The summed E-state index contributed by atoms with van der Waals surface area (Å²) in [5, 5.41) is 3.03. The second-order valence-electron chi connectivity index (χ2n) is 4.09. The minimum Gasteiger partial charge on any atom is -0.309 e. The normalized spacial score (nSPS) is 10.7. The van der Waals surface area contributed by atoms with Gasteiger partial charge in [0.1, 0.15) is 17.5 Å². The van der Waals surface area contributed by atoms with Crippen LogP contribution < -0.4 is 5.32 Å². The Morgan fingerprint density at radius 2 is 1.68 bits per heavy atom. The van der Waals surface area contributed by atoms with Crippen molar-refractivity contribution in [3.05, 3.63) is 70.0 Å². The van der Waals surface area contributed by atoms with Crippen molar-refractivity contribution in [3.63, 3.8) is 0 Å². The molecule has 2 aromatic carbocycles. The van der Waals surface area contributed by atoms with Crippen LogP contribution in [0.25, 0.3) is 0 Å². The van der Waals surface area contributed by atoms with Crippen molar-refractivity contribution in [1.29, 1.82) is 0 Å². The molecule has 2 rings (SSSR count). The van der Waals surface area contributed by atoms with Crippen LogP contribution >= 0.6 is 11.6 Å². The van der Waals surface area contributed by atoms with E-state index in [1.54, 1.807) is 6.07 Å². The van der Waals surface area contributed by atoms with Crippen LogP contribution in [0.1, 0.15) is 11.1 Å². The van der Waals surface area contributed by atoms with Gasteiger partial charge in [-0.15, -0.1) is 0 Å². The largest absolute Gasteiger partial charge is 0.309 e. The predicted octanol–water partition coefficient (Wildman–Crippen LogP) is 4.05. The summed E-state index contributed by atoms with van der Waals surface area (Å²) >= 11 is 5.65. The summed E-state index contributed by atoms with van der Waals surface area (Å²) in [4.78, 5) is 0. The fourth-order valence-electron chi connectivity index (χ4n) is 1.66. The van der Waals surface area contributed by atoms with E-state index in [2.05, 4.69) is 5.32 Å². The van der Waals surface area contributed by atoms with Gasteiger partial charge in [0.2, 0.25) is 0 Å². The average molecular weight is 286 g/mol. The molecule has 0 saturated heterocycles. The first-order valence-corrected chi connectivity index (χ1v) is 6.02. The van der Waals surface area contributed by atoms with Crippen LogP contribution in [0.2, 0.25) is 5.02 Å². The molecular weight excluding hydrogens is 275 g/mol. The molecule has 0 saturated carbocycles. The van der Waals surface area contributed by atoms with Gasteiger partial charge < -0.3 is 5.32 Å². The lowest BCUT2D eigenvalue weighted by Gasteiger charge is -2.07. The maximum atomic E-state index is 13.3. The monoisotopic (exact) mass is 285 g/mol. The lowest BCUT2D eigenvalue weighted by molar-refractivity contribution is 0.560. The van der Waals surface area contributed by atoms with Crippen molar-refractivity contribution in [3.8, 4) is 0 Å². The van der Waals surface area contributed by atoms with Gasteiger partial charge in [0.05, 0.1) is 5.02 Å². The van der Waals surface area contributed by atoms with E-state index in [9.17, 15) is 13.2 Å². The molecule has 0 aromatic heterocycles.